The number of nitrogens with zero attached hydrogens (tertiary/aromatic N) is 1. The summed E-state index contributed by atoms with van der Waals surface area (Å²) in [5, 5.41) is 3.08. The molecule has 0 aromatic carbocycles. The highest BCUT2D eigenvalue weighted by atomic mass is 16.2. The van der Waals surface area contributed by atoms with Gasteiger partial charge in [0.2, 0.25) is 5.91 Å². The zero-order chi connectivity index (χ0) is 10.7. The van der Waals surface area contributed by atoms with E-state index in [0.29, 0.717) is 5.91 Å². The first kappa shape index (κ1) is 10.9. The number of hydrogen-bond donors (Lipinski definition) is 1. The quantitative estimate of drug-likeness (QED) is 0.708. The average molecular weight is 210 g/mol. The van der Waals surface area contributed by atoms with Crippen molar-refractivity contribution < 1.29 is 4.79 Å². The Hall–Kier alpha value is -0.570. The number of carbonyl (C=O) groups is 1. The molecule has 1 N–H and O–H groups in total. The lowest BCUT2D eigenvalue weighted by Crippen LogP contribution is -2.29. The largest absolute Gasteiger partial charge is 0.342 e. The summed E-state index contributed by atoms with van der Waals surface area (Å²) < 4.78 is 0. The van der Waals surface area contributed by atoms with Gasteiger partial charge >= 0.3 is 0 Å². The number of rotatable bonds is 4. The summed E-state index contributed by atoms with van der Waals surface area (Å²) in [7, 11) is 1.94. The van der Waals surface area contributed by atoms with Gasteiger partial charge in [0, 0.05) is 19.5 Å². The zero-order valence-corrected chi connectivity index (χ0v) is 9.67. The second-order valence-electron chi connectivity index (χ2n) is 4.96. The normalized spacial score (nSPS) is 29.5. The third-order valence-corrected chi connectivity index (χ3v) is 3.90. The summed E-state index contributed by atoms with van der Waals surface area (Å²) in [6.45, 7) is 3.04. The van der Waals surface area contributed by atoms with Crippen LogP contribution in [0.25, 0.3) is 0 Å². The SMILES string of the molecule is CNCCCC(=O)N1CC2CCCC2C1. The van der Waals surface area contributed by atoms with E-state index in [1.807, 2.05) is 7.05 Å². The molecule has 3 heteroatoms. The van der Waals surface area contributed by atoms with Crippen LogP contribution in [0.15, 0.2) is 0 Å². The maximum Gasteiger partial charge on any atom is 0.222 e. The molecule has 0 aromatic rings. The van der Waals surface area contributed by atoms with E-state index in [4.69, 9.17) is 0 Å². The monoisotopic (exact) mass is 210 g/mol. The van der Waals surface area contributed by atoms with Crippen LogP contribution in [0.3, 0.4) is 0 Å². The molecule has 2 unspecified atom stereocenters. The first-order valence-corrected chi connectivity index (χ1v) is 6.23. The second kappa shape index (κ2) is 4.97. The number of amides is 1. The third-order valence-electron chi connectivity index (χ3n) is 3.90. The second-order valence-corrected chi connectivity index (χ2v) is 4.96. The summed E-state index contributed by atoms with van der Waals surface area (Å²) in [5.41, 5.74) is 0. The maximum atomic E-state index is 11.8. The van der Waals surface area contributed by atoms with Crippen molar-refractivity contribution in [3.63, 3.8) is 0 Å². The maximum absolute atomic E-state index is 11.8. The molecule has 2 rings (SSSR count). The molecule has 1 amide bonds. The molecule has 0 aromatic heterocycles. The van der Waals surface area contributed by atoms with Crippen LogP contribution in [-0.2, 0) is 4.79 Å². The molecule has 2 fully saturated rings. The molecular weight excluding hydrogens is 188 g/mol. The number of carbonyl (C=O) groups excluding carboxylic acids is 1. The van der Waals surface area contributed by atoms with E-state index in [9.17, 15) is 4.79 Å². The van der Waals surface area contributed by atoms with E-state index < -0.39 is 0 Å². The fourth-order valence-corrected chi connectivity index (χ4v) is 3.01. The molecule has 1 heterocycles. The topological polar surface area (TPSA) is 32.3 Å². The molecule has 3 nitrogen and oxygen atoms in total. The molecule has 1 aliphatic heterocycles. The van der Waals surface area contributed by atoms with E-state index in [-0.39, 0.29) is 0 Å². The Morgan fingerprint density at radius 3 is 2.60 bits per heavy atom. The van der Waals surface area contributed by atoms with Gasteiger partial charge in [0.05, 0.1) is 0 Å². The Morgan fingerprint density at radius 2 is 2.00 bits per heavy atom. The predicted molar refractivity (Wildman–Crippen MR) is 60.6 cm³/mol. The minimum Gasteiger partial charge on any atom is -0.342 e. The van der Waals surface area contributed by atoms with Crippen LogP contribution in [-0.4, -0.2) is 37.5 Å². The summed E-state index contributed by atoms with van der Waals surface area (Å²) in [6.07, 6.45) is 5.79. The van der Waals surface area contributed by atoms with Gasteiger partial charge in [0.25, 0.3) is 0 Å². The Balaban J connectivity index is 1.73. The molecule has 86 valence electrons. The fraction of sp³-hybridized carbons (Fsp3) is 0.917. The van der Waals surface area contributed by atoms with Crippen LogP contribution in [0.2, 0.25) is 0 Å². The average Bonchev–Trinajstić information content (AvgIpc) is 2.76. The predicted octanol–water partition coefficient (Wildman–Crippen LogP) is 1.24. The van der Waals surface area contributed by atoms with Crippen molar-refractivity contribution in [2.45, 2.75) is 32.1 Å². The molecule has 1 saturated heterocycles. The van der Waals surface area contributed by atoms with Gasteiger partial charge in [-0.05, 0) is 44.7 Å². The summed E-state index contributed by atoms with van der Waals surface area (Å²) in [4.78, 5) is 14.0. The Kier molecular flexibility index (Phi) is 3.62. The van der Waals surface area contributed by atoms with Crippen molar-refractivity contribution in [2.24, 2.45) is 11.8 Å². The van der Waals surface area contributed by atoms with Crippen LogP contribution in [0.1, 0.15) is 32.1 Å². The highest BCUT2D eigenvalue weighted by Crippen LogP contribution is 2.37. The Labute approximate surface area is 92.2 Å². The van der Waals surface area contributed by atoms with Gasteiger partial charge in [0.15, 0.2) is 0 Å². The van der Waals surface area contributed by atoms with Gasteiger partial charge in [-0.2, -0.15) is 0 Å². The van der Waals surface area contributed by atoms with Gasteiger partial charge < -0.3 is 10.2 Å². The van der Waals surface area contributed by atoms with Gasteiger partial charge in [-0.3, -0.25) is 4.79 Å². The van der Waals surface area contributed by atoms with Gasteiger partial charge in [-0.15, -0.1) is 0 Å². The molecule has 1 saturated carbocycles. The highest BCUT2D eigenvalue weighted by Gasteiger charge is 2.37. The fourth-order valence-electron chi connectivity index (χ4n) is 3.01. The Morgan fingerprint density at radius 1 is 1.33 bits per heavy atom. The lowest BCUT2D eigenvalue weighted by molar-refractivity contribution is -0.130. The van der Waals surface area contributed by atoms with Gasteiger partial charge in [-0.1, -0.05) is 6.42 Å². The van der Waals surface area contributed by atoms with Crippen LogP contribution in [0.4, 0.5) is 0 Å². The van der Waals surface area contributed by atoms with E-state index in [0.717, 1.165) is 44.3 Å². The lowest BCUT2D eigenvalue weighted by Gasteiger charge is -2.17. The third kappa shape index (κ3) is 2.51. The summed E-state index contributed by atoms with van der Waals surface area (Å²) in [6, 6.07) is 0. The first-order chi connectivity index (χ1) is 7.31. The molecule has 2 atom stereocenters. The molecular formula is C12H22N2O. The van der Waals surface area contributed by atoms with Crippen molar-refractivity contribution >= 4 is 5.91 Å². The number of fused-ring (bicyclic) bond motifs is 1. The summed E-state index contributed by atoms with van der Waals surface area (Å²) >= 11 is 0. The molecule has 2 aliphatic rings. The van der Waals surface area contributed by atoms with Crippen molar-refractivity contribution in [3.05, 3.63) is 0 Å². The smallest absolute Gasteiger partial charge is 0.222 e. The van der Waals surface area contributed by atoms with E-state index in [1.165, 1.54) is 19.3 Å². The van der Waals surface area contributed by atoms with E-state index in [1.54, 1.807) is 0 Å². The van der Waals surface area contributed by atoms with Crippen LogP contribution < -0.4 is 5.32 Å². The van der Waals surface area contributed by atoms with Crippen LogP contribution in [0.5, 0.6) is 0 Å². The van der Waals surface area contributed by atoms with E-state index >= 15 is 0 Å². The first-order valence-electron chi connectivity index (χ1n) is 6.23. The molecule has 0 radical (unpaired) electrons. The van der Waals surface area contributed by atoms with Gasteiger partial charge in [0.1, 0.15) is 0 Å². The van der Waals surface area contributed by atoms with Crippen molar-refractivity contribution in [2.75, 3.05) is 26.7 Å². The number of likely N-dealkylation sites (tertiary alicyclic amines) is 1. The molecule has 0 bridgehead atoms. The molecule has 1 aliphatic carbocycles. The standard InChI is InChI=1S/C12H22N2O/c1-13-7-3-6-12(15)14-8-10-4-2-5-11(10)9-14/h10-11,13H,2-9H2,1H3. The summed E-state index contributed by atoms with van der Waals surface area (Å²) in [5.74, 6) is 2.04. The van der Waals surface area contributed by atoms with Crippen molar-refractivity contribution in [3.8, 4) is 0 Å². The number of hydrogen-bond acceptors (Lipinski definition) is 2. The van der Waals surface area contributed by atoms with Crippen molar-refractivity contribution in [1.29, 1.82) is 0 Å². The van der Waals surface area contributed by atoms with E-state index in [2.05, 4.69) is 10.2 Å². The lowest BCUT2D eigenvalue weighted by atomic mass is 10.0. The van der Waals surface area contributed by atoms with Crippen molar-refractivity contribution in [1.82, 2.24) is 10.2 Å². The number of nitrogens with one attached hydrogen (secondary N) is 1. The van der Waals surface area contributed by atoms with Gasteiger partial charge in [-0.25, -0.2) is 0 Å². The van der Waals surface area contributed by atoms with Crippen LogP contribution in [0, 0.1) is 11.8 Å². The van der Waals surface area contributed by atoms with Crippen LogP contribution >= 0.6 is 0 Å². The zero-order valence-electron chi connectivity index (χ0n) is 9.67. The molecule has 0 spiro atoms. The minimum atomic E-state index is 0.375. The highest BCUT2D eigenvalue weighted by molar-refractivity contribution is 5.76. The molecule has 15 heavy (non-hydrogen) atoms. The minimum absolute atomic E-state index is 0.375. The Bertz CT molecular complexity index is 218.